The van der Waals surface area contributed by atoms with Crippen LogP contribution in [0, 0.1) is 10.1 Å². The first-order valence-corrected chi connectivity index (χ1v) is 10.5. The van der Waals surface area contributed by atoms with E-state index in [1.165, 1.54) is 6.07 Å². The summed E-state index contributed by atoms with van der Waals surface area (Å²) in [4.78, 5) is 12.8. The van der Waals surface area contributed by atoms with Crippen molar-refractivity contribution in [2.75, 3.05) is 24.8 Å². The van der Waals surface area contributed by atoms with Crippen LogP contribution in [0.5, 0.6) is 5.75 Å². The van der Waals surface area contributed by atoms with Crippen molar-refractivity contribution < 1.29 is 18.1 Å². The van der Waals surface area contributed by atoms with Crippen molar-refractivity contribution in [3.05, 3.63) is 58.1 Å². The van der Waals surface area contributed by atoms with Crippen LogP contribution in [-0.2, 0) is 9.84 Å². The smallest absolute Gasteiger partial charge is 0.311 e. The van der Waals surface area contributed by atoms with Gasteiger partial charge in [0, 0.05) is 24.8 Å². The highest BCUT2D eigenvalue weighted by Crippen LogP contribution is 2.41. The van der Waals surface area contributed by atoms with Crippen molar-refractivity contribution in [3.63, 3.8) is 0 Å². The second kappa shape index (κ2) is 7.19. The fourth-order valence-corrected chi connectivity index (χ4v) is 4.57. The van der Waals surface area contributed by atoms with Gasteiger partial charge in [0.2, 0.25) is 0 Å². The molecule has 2 atom stereocenters. The van der Waals surface area contributed by atoms with Crippen molar-refractivity contribution in [1.82, 2.24) is 0 Å². The van der Waals surface area contributed by atoms with Crippen LogP contribution >= 0.6 is 0 Å². The highest BCUT2D eigenvalue weighted by molar-refractivity contribution is 7.90. The monoisotopic (exact) mass is 390 g/mol. The number of sulfone groups is 1. The van der Waals surface area contributed by atoms with Gasteiger partial charge in [-0.15, -0.1) is 0 Å². The summed E-state index contributed by atoms with van der Waals surface area (Å²) in [5.41, 5.74) is 1.14. The maximum Gasteiger partial charge on any atom is 0.311 e. The molecule has 0 spiro atoms. The molecule has 0 radical (unpaired) electrons. The maximum atomic E-state index is 12.0. The lowest BCUT2D eigenvalue weighted by atomic mass is 9.97. The number of hydrogen-bond donors (Lipinski definition) is 0. The van der Waals surface area contributed by atoms with E-state index in [-0.39, 0.29) is 22.5 Å². The fourth-order valence-electron chi connectivity index (χ4n) is 3.71. The second-order valence-electron chi connectivity index (χ2n) is 6.86. The third-order valence-electron chi connectivity index (χ3n) is 5.03. The highest BCUT2D eigenvalue weighted by Gasteiger charge is 2.36. The highest BCUT2D eigenvalue weighted by atomic mass is 32.2. The van der Waals surface area contributed by atoms with E-state index >= 15 is 0 Å². The van der Waals surface area contributed by atoms with Crippen LogP contribution in [0.15, 0.2) is 47.4 Å². The lowest BCUT2D eigenvalue weighted by molar-refractivity contribution is -0.387. The Morgan fingerprint density at radius 1 is 1.19 bits per heavy atom. The zero-order chi connectivity index (χ0) is 19.8. The van der Waals surface area contributed by atoms with E-state index in [1.807, 2.05) is 36.1 Å². The molecule has 1 saturated heterocycles. The minimum Gasteiger partial charge on any atom is -0.497 e. The molecule has 1 heterocycles. The Kier molecular flexibility index (Phi) is 5.10. The van der Waals surface area contributed by atoms with Crippen molar-refractivity contribution in [1.29, 1.82) is 0 Å². The summed E-state index contributed by atoms with van der Waals surface area (Å²) in [5, 5.41) is 11.7. The van der Waals surface area contributed by atoms with Crippen LogP contribution in [0.1, 0.15) is 24.8 Å². The lowest BCUT2D eigenvalue weighted by Gasteiger charge is -2.24. The van der Waals surface area contributed by atoms with Gasteiger partial charge in [-0.1, -0.05) is 18.2 Å². The number of hydrogen-bond acceptors (Lipinski definition) is 6. The first kappa shape index (κ1) is 19.2. The number of benzene rings is 2. The van der Waals surface area contributed by atoms with Crippen molar-refractivity contribution in [3.8, 4) is 5.75 Å². The molecule has 2 aromatic carbocycles. The van der Waals surface area contributed by atoms with Gasteiger partial charge in [-0.2, -0.15) is 0 Å². The molecule has 3 rings (SSSR count). The topological polar surface area (TPSA) is 89.8 Å². The number of para-hydroxylation sites is 1. The zero-order valence-electron chi connectivity index (χ0n) is 15.5. The first-order chi connectivity index (χ1) is 12.7. The van der Waals surface area contributed by atoms with Crippen LogP contribution in [0.3, 0.4) is 0 Å². The van der Waals surface area contributed by atoms with Crippen LogP contribution in [0.2, 0.25) is 0 Å². The summed E-state index contributed by atoms with van der Waals surface area (Å²) in [6, 6.07) is 12.3. The average molecular weight is 390 g/mol. The fraction of sp³-hybridized carbons (Fsp3) is 0.368. The van der Waals surface area contributed by atoms with Crippen molar-refractivity contribution >= 4 is 21.2 Å². The zero-order valence-corrected chi connectivity index (χ0v) is 16.3. The number of methoxy groups -OCH3 is 1. The van der Waals surface area contributed by atoms with E-state index in [0.29, 0.717) is 12.2 Å². The molecule has 144 valence electrons. The predicted octanol–water partition coefficient (Wildman–Crippen LogP) is 3.39. The van der Waals surface area contributed by atoms with Gasteiger partial charge in [0.1, 0.15) is 16.3 Å². The van der Waals surface area contributed by atoms with Crippen LogP contribution in [-0.4, -0.2) is 39.3 Å². The number of nitro groups is 1. The quantitative estimate of drug-likeness (QED) is 0.574. The summed E-state index contributed by atoms with van der Waals surface area (Å²) in [7, 11) is -2.09. The largest absolute Gasteiger partial charge is 0.497 e. The second-order valence-corrected chi connectivity index (χ2v) is 8.84. The molecular formula is C19H22N2O5S. The predicted molar refractivity (Wildman–Crippen MR) is 103 cm³/mol. The van der Waals surface area contributed by atoms with Crippen LogP contribution in [0.4, 0.5) is 11.4 Å². The number of nitrogens with zero attached hydrogens (tertiary/aromatic N) is 2. The van der Waals surface area contributed by atoms with E-state index in [0.717, 1.165) is 24.0 Å². The Morgan fingerprint density at radius 3 is 2.41 bits per heavy atom. The molecule has 2 aromatic rings. The third kappa shape index (κ3) is 3.75. The summed E-state index contributed by atoms with van der Waals surface area (Å²) < 4.78 is 29.2. The van der Waals surface area contributed by atoms with Gasteiger partial charge in [0.05, 0.1) is 12.0 Å². The molecule has 0 aliphatic carbocycles. The molecule has 1 fully saturated rings. The third-order valence-corrected chi connectivity index (χ3v) is 6.16. The minimum absolute atomic E-state index is 0.0469. The average Bonchev–Trinajstić information content (AvgIpc) is 3.02. The Hall–Kier alpha value is -2.61. The molecule has 0 bridgehead atoms. The first-order valence-electron chi connectivity index (χ1n) is 8.60. The standard InChI is InChI=1S/C19H22N2O5S/c1-13-11-15(14-7-9-16(26-2)10-8-14)12-20(13)17-5-4-6-18(27(3,24)25)19(17)21(22)23/h4-10,13,15H,11-12H2,1-3H3. The van der Waals surface area contributed by atoms with Gasteiger partial charge >= 0.3 is 5.69 Å². The number of nitro benzene ring substituents is 1. The van der Waals surface area contributed by atoms with E-state index < -0.39 is 14.8 Å². The Bertz CT molecular complexity index is 957. The van der Waals surface area contributed by atoms with Crippen LogP contribution in [0.25, 0.3) is 0 Å². The SMILES string of the molecule is COc1ccc(C2CC(C)N(c3cccc(S(C)(=O)=O)c3[N+](=O)[O-])C2)cc1. The molecule has 7 nitrogen and oxygen atoms in total. The molecule has 27 heavy (non-hydrogen) atoms. The number of rotatable bonds is 5. The van der Waals surface area contributed by atoms with Gasteiger partial charge in [-0.3, -0.25) is 10.1 Å². The van der Waals surface area contributed by atoms with E-state index in [1.54, 1.807) is 19.2 Å². The summed E-state index contributed by atoms with van der Waals surface area (Å²) in [6.45, 7) is 2.59. The van der Waals surface area contributed by atoms with Gasteiger partial charge in [0.25, 0.3) is 0 Å². The Labute approximate surface area is 158 Å². The lowest BCUT2D eigenvalue weighted by Crippen LogP contribution is -2.27. The van der Waals surface area contributed by atoms with Gasteiger partial charge in [-0.05, 0) is 43.2 Å². The van der Waals surface area contributed by atoms with Crippen molar-refractivity contribution in [2.45, 2.75) is 30.2 Å². The molecule has 1 aliphatic rings. The molecule has 2 unspecified atom stereocenters. The molecule has 0 amide bonds. The molecule has 0 N–H and O–H groups in total. The molecular weight excluding hydrogens is 368 g/mol. The van der Waals surface area contributed by atoms with Gasteiger partial charge < -0.3 is 9.64 Å². The van der Waals surface area contributed by atoms with E-state index in [2.05, 4.69) is 0 Å². The molecule has 0 aromatic heterocycles. The molecule has 0 saturated carbocycles. The van der Waals surface area contributed by atoms with E-state index in [9.17, 15) is 18.5 Å². The van der Waals surface area contributed by atoms with E-state index in [4.69, 9.17) is 4.74 Å². The summed E-state index contributed by atoms with van der Waals surface area (Å²) in [5.74, 6) is 0.977. The van der Waals surface area contributed by atoms with Gasteiger partial charge in [-0.25, -0.2) is 8.42 Å². The van der Waals surface area contributed by atoms with Crippen LogP contribution < -0.4 is 9.64 Å². The van der Waals surface area contributed by atoms with Gasteiger partial charge in [0.15, 0.2) is 9.84 Å². The summed E-state index contributed by atoms with van der Waals surface area (Å²) >= 11 is 0. The Balaban J connectivity index is 1.98. The number of ether oxygens (including phenoxy) is 1. The summed E-state index contributed by atoms with van der Waals surface area (Å²) in [6.07, 6.45) is 1.82. The molecule has 8 heteroatoms. The molecule has 1 aliphatic heterocycles. The number of anilines is 1. The maximum absolute atomic E-state index is 12.0. The van der Waals surface area contributed by atoms with Crippen molar-refractivity contribution in [2.24, 2.45) is 0 Å². The Morgan fingerprint density at radius 2 is 1.85 bits per heavy atom. The minimum atomic E-state index is -3.70. The normalized spacial score (nSPS) is 19.9.